The Bertz CT molecular complexity index is 473. The predicted octanol–water partition coefficient (Wildman–Crippen LogP) is 2.12. The predicted molar refractivity (Wildman–Crippen MR) is 63.2 cm³/mol. The van der Waals surface area contributed by atoms with Crippen LogP contribution in [0, 0.1) is 10.1 Å². The van der Waals surface area contributed by atoms with Crippen molar-refractivity contribution in [3.05, 3.63) is 44.4 Å². The summed E-state index contributed by atoms with van der Waals surface area (Å²) in [5.41, 5.74) is -0.793. The van der Waals surface area contributed by atoms with E-state index in [1.807, 2.05) is 0 Å². The van der Waals surface area contributed by atoms with Gasteiger partial charge >= 0.3 is 11.5 Å². The highest BCUT2D eigenvalue weighted by molar-refractivity contribution is 9.10. The molecule has 2 atom stereocenters. The van der Waals surface area contributed by atoms with Gasteiger partial charge < -0.3 is 4.74 Å². The molecule has 0 bridgehead atoms. The molecule has 1 aromatic rings. The van der Waals surface area contributed by atoms with Gasteiger partial charge in [-0.3, -0.25) is 10.1 Å². The summed E-state index contributed by atoms with van der Waals surface area (Å²) >= 11 is 3.29. The Morgan fingerprint density at radius 3 is 2.59 bits per heavy atom. The van der Waals surface area contributed by atoms with Crippen molar-refractivity contribution in [3.8, 4) is 0 Å². The Hall–Kier alpha value is -1.43. The van der Waals surface area contributed by atoms with Crippen LogP contribution in [0.1, 0.15) is 17.9 Å². The molecule has 90 valence electrons. The van der Waals surface area contributed by atoms with Gasteiger partial charge in [0.1, 0.15) is 0 Å². The zero-order chi connectivity index (χ0) is 12.6. The lowest BCUT2D eigenvalue weighted by Crippen LogP contribution is -2.34. The standard InChI is InChI=1S/C11H10BrNO4/c1-17-10(14)11(13(15)16)6-9(11)7-2-4-8(12)5-3-7/h2-5,9H,6H2,1H3/t9-,11+/m1/s1. The summed E-state index contributed by atoms with van der Waals surface area (Å²) in [6.07, 6.45) is 0.203. The summed E-state index contributed by atoms with van der Waals surface area (Å²) in [5.74, 6) is -1.16. The van der Waals surface area contributed by atoms with Crippen LogP contribution >= 0.6 is 15.9 Å². The molecule has 0 N–H and O–H groups in total. The van der Waals surface area contributed by atoms with E-state index in [1.165, 1.54) is 7.11 Å². The molecule has 0 spiro atoms. The number of hydrogen-bond acceptors (Lipinski definition) is 4. The van der Waals surface area contributed by atoms with E-state index in [0.717, 1.165) is 10.0 Å². The largest absolute Gasteiger partial charge is 0.464 e. The first kappa shape index (κ1) is 12.0. The maximum absolute atomic E-state index is 11.5. The number of halogens is 1. The molecule has 1 saturated carbocycles. The van der Waals surface area contributed by atoms with E-state index in [0.29, 0.717) is 0 Å². The number of benzene rings is 1. The maximum Gasteiger partial charge on any atom is 0.385 e. The molecular formula is C11H10BrNO4. The van der Waals surface area contributed by atoms with Gasteiger partial charge in [-0.25, -0.2) is 4.79 Å². The highest BCUT2D eigenvalue weighted by Gasteiger charge is 2.73. The summed E-state index contributed by atoms with van der Waals surface area (Å²) in [7, 11) is 1.17. The summed E-state index contributed by atoms with van der Waals surface area (Å²) in [6, 6.07) is 7.16. The van der Waals surface area contributed by atoms with Crippen LogP contribution in [0.5, 0.6) is 0 Å². The number of carbonyl (C=O) groups excluding carboxylic acids is 1. The molecule has 1 fully saturated rings. The number of rotatable bonds is 3. The summed E-state index contributed by atoms with van der Waals surface area (Å²) in [6.45, 7) is 0. The minimum atomic E-state index is -1.58. The van der Waals surface area contributed by atoms with Crippen LogP contribution in [0.15, 0.2) is 28.7 Å². The topological polar surface area (TPSA) is 69.4 Å². The van der Waals surface area contributed by atoms with E-state index in [9.17, 15) is 14.9 Å². The molecule has 17 heavy (non-hydrogen) atoms. The monoisotopic (exact) mass is 299 g/mol. The Morgan fingerprint density at radius 1 is 1.53 bits per heavy atom. The number of ether oxygens (including phenoxy) is 1. The molecule has 0 saturated heterocycles. The fourth-order valence-electron chi connectivity index (χ4n) is 2.02. The van der Waals surface area contributed by atoms with Crippen LogP contribution in [-0.4, -0.2) is 23.5 Å². The zero-order valence-corrected chi connectivity index (χ0v) is 10.6. The summed E-state index contributed by atoms with van der Waals surface area (Å²) in [5, 5.41) is 11.0. The van der Waals surface area contributed by atoms with Crippen LogP contribution in [0.4, 0.5) is 0 Å². The highest BCUT2D eigenvalue weighted by atomic mass is 79.9. The molecular weight excluding hydrogens is 290 g/mol. The summed E-state index contributed by atoms with van der Waals surface area (Å²) < 4.78 is 5.42. The van der Waals surface area contributed by atoms with Crippen molar-refractivity contribution in [3.63, 3.8) is 0 Å². The average molecular weight is 300 g/mol. The fraction of sp³-hybridized carbons (Fsp3) is 0.364. The van der Waals surface area contributed by atoms with Gasteiger partial charge in [0.2, 0.25) is 0 Å². The Balaban J connectivity index is 2.29. The van der Waals surface area contributed by atoms with Gasteiger partial charge in [-0.1, -0.05) is 28.1 Å². The third kappa shape index (κ3) is 1.82. The van der Waals surface area contributed by atoms with Crippen molar-refractivity contribution in [2.24, 2.45) is 0 Å². The summed E-state index contributed by atoms with van der Waals surface area (Å²) in [4.78, 5) is 22.0. The molecule has 6 heteroatoms. The van der Waals surface area contributed by atoms with Crippen molar-refractivity contribution >= 4 is 21.9 Å². The van der Waals surface area contributed by atoms with Crippen molar-refractivity contribution in [1.82, 2.24) is 0 Å². The maximum atomic E-state index is 11.5. The highest BCUT2D eigenvalue weighted by Crippen LogP contribution is 2.54. The van der Waals surface area contributed by atoms with Crippen LogP contribution in [0.25, 0.3) is 0 Å². The van der Waals surface area contributed by atoms with E-state index in [2.05, 4.69) is 20.7 Å². The lowest BCUT2D eigenvalue weighted by atomic mass is 10.1. The van der Waals surface area contributed by atoms with E-state index >= 15 is 0 Å². The number of esters is 1. The molecule has 0 heterocycles. The lowest BCUT2D eigenvalue weighted by molar-refractivity contribution is -0.526. The number of nitrogens with zero attached hydrogens (tertiary/aromatic N) is 1. The van der Waals surface area contributed by atoms with Gasteiger partial charge in [0, 0.05) is 15.8 Å². The number of hydrogen-bond donors (Lipinski definition) is 0. The van der Waals surface area contributed by atoms with Crippen molar-refractivity contribution in [2.75, 3.05) is 7.11 Å². The van der Waals surface area contributed by atoms with Gasteiger partial charge in [0.15, 0.2) is 0 Å². The van der Waals surface area contributed by atoms with Crippen molar-refractivity contribution < 1.29 is 14.5 Å². The zero-order valence-electron chi connectivity index (χ0n) is 9.05. The fourth-order valence-corrected chi connectivity index (χ4v) is 2.28. The van der Waals surface area contributed by atoms with E-state index in [1.54, 1.807) is 24.3 Å². The third-order valence-electron chi connectivity index (χ3n) is 3.07. The third-order valence-corrected chi connectivity index (χ3v) is 3.60. The lowest BCUT2D eigenvalue weighted by Gasteiger charge is -2.07. The first-order chi connectivity index (χ1) is 8.02. The van der Waals surface area contributed by atoms with E-state index in [4.69, 9.17) is 0 Å². The van der Waals surface area contributed by atoms with Gasteiger partial charge in [-0.15, -0.1) is 0 Å². The number of methoxy groups -OCH3 is 1. The van der Waals surface area contributed by atoms with E-state index in [-0.39, 0.29) is 6.42 Å². The average Bonchev–Trinajstić information content (AvgIpc) is 3.05. The first-order valence-corrected chi connectivity index (χ1v) is 5.80. The second-order valence-corrected chi connectivity index (χ2v) is 4.90. The van der Waals surface area contributed by atoms with Crippen LogP contribution in [0.3, 0.4) is 0 Å². The molecule has 0 radical (unpaired) electrons. The second kappa shape index (κ2) is 4.10. The first-order valence-electron chi connectivity index (χ1n) is 5.00. The van der Waals surface area contributed by atoms with Gasteiger partial charge in [-0.2, -0.15) is 0 Å². The van der Waals surface area contributed by atoms with Gasteiger partial charge in [-0.05, 0) is 17.7 Å². The smallest absolute Gasteiger partial charge is 0.385 e. The molecule has 5 nitrogen and oxygen atoms in total. The van der Waals surface area contributed by atoms with E-state index < -0.39 is 22.3 Å². The Labute approximate surface area is 106 Å². The van der Waals surface area contributed by atoms with Crippen molar-refractivity contribution in [1.29, 1.82) is 0 Å². The molecule has 0 aliphatic heterocycles. The molecule has 0 unspecified atom stereocenters. The molecule has 2 rings (SSSR count). The normalized spacial score (nSPS) is 26.4. The Kier molecular flexibility index (Phi) is 2.91. The Morgan fingerprint density at radius 2 is 2.12 bits per heavy atom. The number of nitro groups is 1. The van der Waals surface area contributed by atoms with Gasteiger partial charge in [0.05, 0.1) is 13.0 Å². The second-order valence-electron chi connectivity index (χ2n) is 3.98. The van der Waals surface area contributed by atoms with Gasteiger partial charge in [0.25, 0.3) is 0 Å². The molecule has 0 aromatic heterocycles. The van der Waals surface area contributed by atoms with Crippen LogP contribution in [-0.2, 0) is 9.53 Å². The minimum Gasteiger partial charge on any atom is -0.464 e. The van der Waals surface area contributed by atoms with Crippen molar-refractivity contribution in [2.45, 2.75) is 17.9 Å². The quantitative estimate of drug-likeness (QED) is 0.487. The molecule has 1 aliphatic carbocycles. The molecule has 0 amide bonds. The minimum absolute atomic E-state index is 0.203. The molecule has 1 aromatic carbocycles. The van der Waals surface area contributed by atoms with Crippen LogP contribution in [0.2, 0.25) is 0 Å². The molecule has 1 aliphatic rings. The number of carbonyl (C=O) groups is 1. The SMILES string of the molecule is COC(=O)[C@]1([N+](=O)[O-])C[C@@H]1c1ccc(Br)cc1. The van der Waals surface area contributed by atoms with Crippen LogP contribution < -0.4 is 0 Å².